The summed E-state index contributed by atoms with van der Waals surface area (Å²) >= 11 is 0. The van der Waals surface area contributed by atoms with E-state index < -0.39 is 12.1 Å². The second-order valence-electron chi connectivity index (χ2n) is 4.62. The first kappa shape index (κ1) is 16.1. The Hall–Kier alpha value is -2.24. The van der Waals surface area contributed by atoms with Gasteiger partial charge in [-0.3, -0.25) is 0 Å². The van der Waals surface area contributed by atoms with Gasteiger partial charge in [-0.1, -0.05) is 24.3 Å². The molecule has 118 valence electrons. The molecule has 0 saturated heterocycles. The summed E-state index contributed by atoms with van der Waals surface area (Å²) in [6, 6.07) is 11.0. The van der Waals surface area contributed by atoms with Crippen LogP contribution in [0.3, 0.4) is 0 Å². The van der Waals surface area contributed by atoms with Crippen LogP contribution in [0, 0.1) is 0 Å². The lowest BCUT2D eigenvalue weighted by molar-refractivity contribution is -0.199. The van der Waals surface area contributed by atoms with E-state index in [9.17, 15) is 18.0 Å². The molecule has 2 aromatic rings. The van der Waals surface area contributed by atoms with Crippen LogP contribution < -0.4 is 4.74 Å². The molecule has 0 N–H and O–H groups in total. The molecule has 22 heavy (non-hydrogen) atoms. The normalized spacial score (nSPS) is 11.5. The maximum atomic E-state index is 12.1. The first-order chi connectivity index (χ1) is 10.4. The minimum Gasteiger partial charge on any atom is -0.494 e. The molecule has 0 atom stereocenters. The highest BCUT2D eigenvalue weighted by Crippen LogP contribution is 2.25. The second kappa shape index (κ2) is 6.68. The van der Waals surface area contributed by atoms with Crippen molar-refractivity contribution in [2.45, 2.75) is 19.5 Å². The molecule has 0 unspecified atom stereocenters. The lowest BCUT2D eigenvalue weighted by Crippen LogP contribution is -2.26. The van der Waals surface area contributed by atoms with Crippen molar-refractivity contribution in [3.05, 3.63) is 42.0 Å². The van der Waals surface area contributed by atoms with E-state index in [2.05, 4.69) is 4.74 Å². The van der Waals surface area contributed by atoms with Gasteiger partial charge in [-0.15, -0.1) is 0 Å². The molecule has 0 saturated carbocycles. The van der Waals surface area contributed by atoms with Crippen molar-refractivity contribution in [1.82, 2.24) is 0 Å². The molecule has 0 aromatic heterocycles. The lowest BCUT2D eigenvalue weighted by Gasteiger charge is -2.10. The van der Waals surface area contributed by atoms with Gasteiger partial charge in [-0.05, 0) is 35.4 Å². The molecule has 0 amide bonds. The van der Waals surface area contributed by atoms with E-state index in [0.29, 0.717) is 12.4 Å². The molecule has 2 aromatic carbocycles. The summed E-state index contributed by atoms with van der Waals surface area (Å²) in [5, 5.41) is 1.82. The average Bonchev–Trinajstić information content (AvgIpc) is 2.47. The second-order valence-corrected chi connectivity index (χ2v) is 4.62. The number of benzene rings is 2. The van der Waals surface area contributed by atoms with Gasteiger partial charge in [-0.25, -0.2) is 4.79 Å². The van der Waals surface area contributed by atoms with Crippen LogP contribution in [0.25, 0.3) is 10.8 Å². The van der Waals surface area contributed by atoms with E-state index in [1.807, 2.05) is 37.3 Å². The van der Waals surface area contributed by atoms with E-state index in [4.69, 9.17) is 4.74 Å². The SMILES string of the molecule is CCOc1ccc2cccc(CCOC(=O)C(F)(F)F)c2c1. The van der Waals surface area contributed by atoms with Crippen molar-refractivity contribution in [3.63, 3.8) is 0 Å². The Kier molecular flexibility index (Phi) is 4.90. The van der Waals surface area contributed by atoms with Gasteiger partial charge in [0, 0.05) is 6.42 Å². The molecule has 0 spiro atoms. The quantitative estimate of drug-likeness (QED) is 0.786. The molecule has 0 aliphatic heterocycles. The number of ether oxygens (including phenoxy) is 2. The van der Waals surface area contributed by atoms with Crippen LogP contribution in [0.15, 0.2) is 36.4 Å². The first-order valence-electron chi connectivity index (χ1n) is 6.80. The third-order valence-corrected chi connectivity index (χ3v) is 3.09. The van der Waals surface area contributed by atoms with Crippen molar-refractivity contribution in [1.29, 1.82) is 0 Å². The Morgan fingerprint density at radius 2 is 1.95 bits per heavy atom. The summed E-state index contributed by atoms with van der Waals surface area (Å²) in [4.78, 5) is 10.7. The standard InChI is InChI=1S/C16H15F3O3/c1-2-21-13-7-6-11-4-3-5-12(14(11)10-13)8-9-22-15(20)16(17,18)19/h3-7,10H,2,8-9H2,1H3. The number of carbonyl (C=O) groups is 1. The molecule has 0 aliphatic carbocycles. The summed E-state index contributed by atoms with van der Waals surface area (Å²) < 4.78 is 45.9. The molecule has 2 rings (SSSR count). The van der Waals surface area contributed by atoms with Crippen molar-refractivity contribution in [2.75, 3.05) is 13.2 Å². The number of hydrogen-bond acceptors (Lipinski definition) is 3. The third-order valence-electron chi connectivity index (χ3n) is 3.09. The van der Waals surface area contributed by atoms with Gasteiger partial charge in [0.25, 0.3) is 0 Å². The fraction of sp³-hybridized carbons (Fsp3) is 0.312. The zero-order chi connectivity index (χ0) is 16.2. The van der Waals surface area contributed by atoms with Gasteiger partial charge in [0.2, 0.25) is 0 Å². The highest BCUT2D eigenvalue weighted by atomic mass is 19.4. The lowest BCUT2D eigenvalue weighted by atomic mass is 10.0. The Morgan fingerprint density at radius 1 is 1.18 bits per heavy atom. The zero-order valence-electron chi connectivity index (χ0n) is 11.9. The van der Waals surface area contributed by atoms with E-state index in [1.165, 1.54) is 0 Å². The number of halogens is 3. The van der Waals surface area contributed by atoms with Gasteiger partial charge in [0.1, 0.15) is 5.75 Å². The van der Waals surface area contributed by atoms with Crippen molar-refractivity contribution in [3.8, 4) is 5.75 Å². The van der Waals surface area contributed by atoms with Crippen LogP contribution in [0.1, 0.15) is 12.5 Å². The van der Waals surface area contributed by atoms with E-state index in [-0.39, 0.29) is 13.0 Å². The minimum atomic E-state index is -4.96. The Labute approximate surface area is 125 Å². The van der Waals surface area contributed by atoms with Crippen LogP contribution in [-0.4, -0.2) is 25.4 Å². The smallest absolute Gasteiger partial charge is 0.490 e. The molecule has 0 aliphatic rings. The van der Waals surface area contributed by atoms with Gasteiger partial charge >= 0.3 is 12.1 Å². The first-order valence-corrected chi connectivity index (χ1v) is 6.80. The molecule has 0 bridgehead atoms. The zero-order valence-corrected chi connectivity index (χ0v) is 11.9. The fourth-order valence-electron chi connectivity index (χ4n) is 2.13. The fourth-order valence-corrected chi connectivity index (χ4v) is 2.13. The molecule has 6 heteroatoms. The van der Waals surface area contributed by atoms with Crippen molar-refractivity contribution >= 4 is 16.7 Å². The molecule has 0 heterocycles. The number of alkyl halides is 3. The van der Waals surface area contributed by atoms with Crippen molar-refractivity contribution < 1.29 is 27.4 Å². The highest BCUT2D eigenvalue weighted by molar-refractivity contribution is 5.87. The number of carbonyl (C=O) groups excluding carboxylic acids is 1. The van der Waals surface area contributed by atoms with Crippen LogP contribution in [-0.2, 0) is 16.0 Å². The maximum absolute atomic E-state index is 12.1. The van der Waals surface area contributed by atoms with Crippen LogP contribution >= 0.6 is 0 Å². The third kappa shape index (κ3) is 3.90. The van der Waals surface area contributed by atoms with Crippen LogP contribution in [0.2, 0.25) is 0 Å². The average molecular weight is 312 g/mol. The number of esters is 1. The number of hydrogen-bond donors (Lipinski definition) is 0. The molecule has 0 fully saturated rings. The van der Waals surface area contributed by atoms with Crippen LogP contribution in [0.4, 0.5) is 13.2 Å². The summed E-state index contributed by atoms with van der Waals surface area (Å²) in [6.07, 6.45) is -4.75. The minimum absolute atomic E-state index is 0.203. The van der Waals surface area contributed by atoms with Gasteiger partial charge in [-0.2, -0.15) is 13.2 Å². The molecular weight excluding hydrogens is 297 g/mol. The Balaban J connectivity index is 2.13. The van der Waals surface area contributed by atoms with E-state index >= 15 is 0 Å². The molecular formula is C16H15F3O3. The number of fused-ring (bicyclic) bond motifs is 1. The summed E-state index contributed by atoms with van der Waals surface area (Å²) in [5.41, 5.74) is 0.800. The maximum Gasteiger partial charge on any atom is 0.490 e. The molecule has 0 radical (unpaired) electrons. The highest BCUT2D eigenvalue weighted by Gasteiger charge is 2.40. The van der Waals surface area contributed by atoms with E-state index in [1.54, 1.807) is 6.07 Å². The monoisotopic (exact) mass is 312 g/mol. The molecule has 3 nitrogen and oxygen atoms in total. The summed E-state index contributed by atoms with van der Waals surface area (Å²) in [5.74, 6) is -1.47. The largest absolute Gasteiger partial charge is 0.494 e. The van der Waals surface area contributed by atoms with E-state index in [0.717, 1.165) is 16.3 Å². The van der Waals surface area contributed by atoms with Gasteiger partial charge in [0.05, 0.1) is 13.2 Å². The topological polar surface area (TPSA) is 35.5 Å². The van der Waals surface area contributed by atoms with Crippen molar-refractivity contribution in [2.24, 2.45) is 0 Å². The Bertz CT molecular complexity index is 665. The van der Waals surface area contributed by atoms with Gasteiger partial charge in [0.15, 0.2) is 0 Å². The number of rotatable bonds is 5. The summed E-state index contributed by atoms with van der Waals surface area (Å²) in [6.45, 7) is 2.07. The van der Waals surface area contributed by atoms with Gasteiger partial charge < -0.3 is 9.47 Å². The van der Waals surface area contributed by atoms with Crippen LogP contribution in [0.5, 0.6) is 5.75 Å². The Morgan fingerprint density at radius 3 is 2.64 bits per heavy atom. The predicted molar refractivity (Wildman–Crippen MR) is 75.8 cm³/mol. The predicted octanol–water partition coefficient (Wildman–Crippen LogP) is 3.89. The summed E-state index contributed by atoms with van der Waals surface area (Å²) in [7, 11) is 0.